The second-order valence-electron chi connectivity index (χ2n) is 15.7. The van der Waals surface area contributed by atoms with Gasteiger partial charge in [0, 0.05) is 11.8 Å². The summed E-state index contributed by atoms with van der Waals surface area (Å²) in [5.74, 6) is 0. The van der Waals surface area contributed by atoms with Crippen LogP contribution in [-0.4, -0.2) is 6.17 Å². The SMILES string of the molecule is C1=CC2Nc3c(-c4cc(-c5ccccc5)c(-c5ccccc5)c(-c5ccccc5)c4)cc(-c4cc(-c5ccccc5)c(-c5ccccc5)c(-c5ccccc5)c4)cc3N2C=C1. The van der Waals surface area contributed by atoms with E-state index < -0.39 is 0 Å². The third kappa shape index (κ3) is 6.75. The summed E-state index contributed by atoms with van der Waals surface area (Å²) in [7, 11) is 0. The van der Waals surface area contributed by atoms with Crippen LogP contribution in [0, 0.1) is 0 Å². The average Bonchev–Trinajstić information content (AvgIpc) is 3.73. The lowest BCUT2D eigenvalue weighted by Gasteiger charge is -2.23. The smallest absolute Gasteiger partial charge is 0.123 e. The van der Waals surface area contributed by atoms with Crippen molar-refractivity contribution in [2.24, 2.45) is 0 Å². The first-order chi connectivity index (χ1) is 30.3. The Morgan fingerprint density at radius 2 is 0.656 bits per heavy atom. The van der Waals surface area contributed by atoms with Crippen LogP contribution in [0.3, 0.4) is 0 Å². The molecule has 2 aliphatic rings. The summed E-state index contributed by atoms with van der Waals surface area (Å²) < 4.78 is 0. The van der Waals surface area contributed by atoms with Crippen molar-refractivity contribution in [3.05, 3.63) is 243 Å². The maximum absolute atomic E-state index is 3.94. The second kappa shape index (κ2) is 15.7. The minimum Gasteiger partial charge on any atom is -0.359 e. The highest BCUT2D eigenvalue weighted by Crippen LogP contribution is 2.51. The van der Waals surface area contributed by atoms with E-state index in [4.69, 9.17) is 0 Å². The Labute approximate surface area is 358 Å². The van der Waals surface area contributed by atoms with Gasteiger partial charge in [-0.2, -0.15) is 0 Å². The average molecular weight is 779 g/mol. The molecule has 9 aromatic carbocycles. The topological polar surface area (TPSA) is 15.3 Å². The number of hydrogen-bond acceptors (Lipinski definition) is 2. The van der Waals surface area contributed by atoms with Gasteiger partial charge in [0.2, 0.25) is 0 Å². The van der Waals surface area contributed by atoms with Gasteiger partial charge in [-0.15, -0.1) is 0 Å². The van der Waals surface area contributed by atoms with Crippen molar-refractivity contribution in [2.45, 2.75) is 6.17 Å². The van der Waals surface area contributed by atoms with Crippen LogP contribution in [0.4, 0.5) is 11.4 Å². The number of nitrogens with one attached hydrogen (secondary N) is 1. The van der Waals surface area contributed by atoms with Gasteiger partial charge in [0.1, 0.15) is 6.17 Å². The van der Waals surface area contributed by atoms with Crippen molar-refractivity contribution in [2.75, 3.05) is 10.2 Å². The molecule has 0 aliphatic carbocycles. The first-order valence-corrected chi connectivity index (χ1v) is 21.0. The van der Waals surface area contributed by atoms with Gasteiger partial charge in [-0.25, -0.2) is 0 Å². The maximum atomic E-state index is 3.94. The zero-order valence-electron chi connectivity index (χ0n) is 33.6. The number of hydrogen-bond donors (Lipinski definition) is 1. The van der Waals surface area contributed by atoms with Crippen LogP contribution in [0.5, 0.6) is 0 Å². The number of fused-ring (bicyclic) bond motifs is 3. The van der Waals surface area contributed by atoms with E-state index in [2.05, 4.69) is 253 Å². The number of benzene rings is 9. The van der Waals surface area contributed by atoms with Crippen molar-refractivity contribution in [3.8, 4) is 89.0 Å². The van der Waals surface area contributed by atoms with E-state index in [0.717, 1.165) is 33.6 Å². The zero-order chi connectivity index (χ0) is 40.5. The fourth-order valence-corrected chi connectivity index (χ4v) is 9.19. The van der Waals surface area contributed by atoms with Crippen LogP contribution < -0.4 is 10.2 Å². The van der Waals surface area contributed by atoms with Gasteiger partial charge >= 0.3 is 0 Å². The molecule has 0 amide bonds. The van der Waals surface area contributed by atoms with Crippen molar-refractivity contribution >= 4 is 11.4 Å². The van der Waals surface area contributed by atoms with Crippen LogP contribution >= 0.6 is 0 Å². The van der Waals surface area contributed by atoms with Crippen molar-refractivity contribution in [1.29, 1.82) is 0 Å². The molecular formula is C59H42N2. The Bertz CT molecular complexity index is 2940. The van der Waals surface area contributed by atoms with Crippen LogP contribution in [0.25, 0.3) is 89.0 Å². The van der Waals surface area contributed by atoms with Gasteiger partial charge in [-0.3, -0.25) is 0 Å². The van der Waals surface area contributed by atoms with E-state index in [1.54, 1.807) is 0 Å². The molecule has 2 aliphatic heterocycles. The summed E-state index contributed by atoms with van der Waals surface area (Å²) in [5, 5.41) is 3.94. The molecule has 0 aromatic heterocycles. The van der Waals surface area contributed by atoms with E-state index in [0.29, 0.717) is 0 Å². The number of anilines is 2. The molecule has 11 rings (SSSR count). The molecular weight excluding hydrogens is 737 g/mol. The summed E-state index contributed by atoms with van der Waals surface area (Å²) >= 11 is 0. The van der Waals surface area contributed by atoms with Crippen LogP contribution in [-0.2, 0) is 0 Å². The second-order valence-corrected chi connectivity index (χ2v) is 15.7. The Balaban J connectivity index is 1.21. The first-order valence-electron chi connectivity index (χ1n) is 21.0. The fraction of sp³-hybridized carbons (Fsp3) is 0.0169. The standard InChI is InChI=1S/C59H42N2/c1-7-21-41(22-8-1)50-35-47(36-51(42-23-9-2-10-24-42)57(50)45-29-15-5-16-30-45)48-37-54(59-55(40-48)61-34-20-19-33-56(61)60-59)49-38-52(43-25-11-3-12-26-43)58(46-31-17-6-18-32-46)53(39-49)44-27-13-4-14-28-44/h1-40,56,60H. The molecule has 0 spiro atoms. The van der Waals surface area contributed by atoms with E-state index in [1.165, 1.54) is 66.8 Å². The number of nitrogens with zero attached hydrogens (tertiary/aromatic N) is 1. The molecule has 2 heteroatoms. The van der Waals surface area contributed by atoms with Crippen LogP contribution in [0.2, 0.25) is 0 Å². The largest absolute Gasteiger partial charge is 0.359 e. The quantitative estimate of drug-likeness (QED) is 0.165. The van der Waals surface area contributed by atoms with Crippen molar-refractivity contribution in [3.63, 3.8) is 0 Å². The van der Waals surface area contributed by atoms with Gasteiger partial charge in [-0.1, -0.05) is 188 Å². The molecule has 0 fully saturated rings. The lowest BCUT2D eigenvalue weighted by molar-refractivity contribution is 0.908. The molecule has 2 heterocycles. The van der Waals surface area contributed by atoms with E-state index in [-0.39, 0.29) is 6.17 Å². The third-order valence-corrected chi connectivity index (χ3v) is 12.0. The third-order valence-electron chi connectivity index (χ3n) is 12.0. The zero-order valence-corrected chi connectivity index (χ0v) is 33.6. The number of allylic oxidation sites excluding steroid dienone is 2. The van der Waals surface area contributed by atoms with Gasteiger partial charge in [0.15, 0.2) is 0 Å². The van der Waals surface area contributed by atoms with Crippen LogP contribution in [0.15, 0.2) is 243 Å². The summed E-state index contributed by atoms with van der Waals surface area (Å²) in [4.78, 5) is 2.37. The molecule has 1 atom stereocenters. The van der Waals surface area contributed by atoms with E-state index >= 15 is 0 Å². The fourth-order valence-electron chi connectivity index (χ4n) is 9.19. The Morgan fingerprint density at radius 3 is 1.07 bits per heavy atom. The predicted molar refractivity (Wildman–Crippen MR) is 258 cm³/mol. The van der Waals surface area contributed by atoms with Gasteiger partial charge in [0.25, 0.3) is 0 Å². The summed E-state index contributed by atoms with van der Waals surface area (Å²) in [5.41, 5.74) is 21.3. The van der Waals surface area contributed by atoms with E-state index in [9.17, 15) is 0 Å². The van der Waals surface area contributed by atoms with Crippen molar-refractivity contribution in [1.82, 2.24) is 0 Å². The highest BCUT2D eigenvalue weighted by atomic mass is 15.3. The van der Waals surface area contributed by atoms with Crippen molar-refractivity contribution < 1.29 is 0 Å². The Hall–Kier alpha value is -7.94. The highest BCUT2D eigenvalue weighted by Gasteiger charge is 2.31. The highest BCUT2D eigenvalue weighted by molar-refractivity contribution is 6.04. The Morgan fingerprint density at radius 1 is 0.311 bits per heavy atom. The summed E-state index contributed by atoms with van der Waals surface area (Å²) in [6.07, 6.45) is 8.72. The summed E-state index contributed by atoms with van der Waals surface area (Å²) in [6.45, 7) is 0. The molecule has 0 saturated heterocycles. The normalized spacial score (nSPS) is 13.7. The predicted octanol–water partition coefficient (Wildman–Crippen LogP) is 15.7. The minimum absolute atomic E-state index is 0.0139. The number of rotatable bonds is 8. The molecule has 2 nitrogen and oxygen atoms in total. The molecule has 0 bridgehead atoms. The lowest BCUT2D eigenvalue weighted by atomic mass is 9.83. The molecule has 0 radical (unpaired) electrons. The lowest BCUT2D eigenvalue weighted by Crippen LogP contribution is -2.30. The van der Waals surface area contributed by atoms with E-state index in [1.807, 2.05) is 0 Å². The van der Waals surface area contributed by atoms with Gasteiger partial charge in [-0.05, 0) is 132 Å². The molecule has 9 aromatic rings. The molecule has 288 valence electrons. The molecule has 0 saturated carbocycles. The molecule has 1 unspecified atom stereocenters. The first kappa shape index (κ1) is 36.2. The maximum Gasteiger partial charge on any atom is 0.123 e. The Kier molecular flexibility index (Phi) is 9.29. The van der Waals surface area contributed by atoms with Crippen LogP contribution in [0.1, 0.15) is 0 Å². The molecule has 61 heavy (non-hydrogen) atoms. The van der Waals surface area contributed by atoms with Gasteiger partial charge < -0.3 is 10.2 Å². The van der Waals surface area contributed by atoms with Gasteiger partial charge in [0.05, 0.1) is 11.4 Å². The monoisotopic (exact) mass is 778 g/mol. The minimum atomic E-state index is 0.0139. The summed E-state index contributed by atoms with van der Waals surface area (Å²) in [6, 6.07) is 79.5. The molecule has 1 N–H and O–H groups in total.